The van der Waals surface area contributed by atoms with Gasteiger partial charge in [0, 0.05) is 25.0 Å². The van der Waals surface area contributed by atoms with Crippen LogP contribution in [0.5, 0.6) is 11.5 Å². The molecule has 4 rings (SSSR count). The Balaban J connectivity index is 0.000000606. The van der Waals surface area contributed by atoms with Gasteiger partial charge in [0.25, 0.3) is 0 Å². The third-order valence-corrected chi connectivity index (χ3v) is 8.61. The molecule has 2 heterocycles. The number of ketones is 2. The fraction of sp³-hybridized carbons (Fsp3) is 0.444. The number of carbonyl (C=O) groups is 5. The van der Waals surface area contributed by atoms with Gasteiger partial charge in [-0.1, -0.05) is 51.3 Å². The largest absolute Gasteiger partial charge is 0.497 e. The Bertz CT molecular complexity index is 1960. The monoisotopic (exact) mass is 854 g/mol. The van der Waals surface area contributed by atoms with Crippen LogP contribution in [0.15, 0.2) is 60.7 Å². The van der Waals surface area contributed by atoms with E-state index in [1.54, 1.807) is 58.9 Å². The zero-order chi connectivity index (χ0) is 44.0. The molecule has 0 radical (unpaired) electrons. The first-order valence-corrected chi connectivity index (χ1v) is 18.8. The molecule has 0 aromatic heterocycles. The summed E-state index contributed by atoms with van der Waals surface area (Å²) in [6, 6.07) is 6.19. The van der Waals surface area contributed by atoms with Crippen LogP contribution in [0.4, 0.5) is 16.2 Å². The molecule has 2 aliphatic rings. The number of hydrogen-bond acceptors (Lipinski definition) is 15. The summed E-state index contributed by atoms with van der Waals surface area (Å²) in [6.07, 6.45) is 4.30. The van der Waals surface area contributed by atoms with Gasteiger partial charge in [0.2, 0.25) is 0 Å². The number of anilines is 2. The number of nitrogens with two attached hydrogens (primary N) is 1. The highest BCUT2D eigenvalue weighted by Gasteiger charge is 2.27. The van der Waals surface area contributed by atoms with Crippen molar-refractivity contribution in [1.29, 1.82) is 0 Å². The van der Waals surface area contributed by atoms with E-state index in [9.17, 15) is 44.4 Å². The Morgan fingerprint density at radius 3 is 1.52 bits per heavy atom. The third kappa shape index (κ3) is 16.3. The number of nitrogen functional groups attached to an aromatic ring is 1. The van der Waals surface area contributed by atoms with Crippen LogP contribution in [0.1, 0.15) is 107 Å². The molecule has 336 valence electrons. The van der Waals surface area contributed by atoms with E-state index in [0.29, 0.717) is 22.6 Å². The Kier molecular flexibility index (Phi) is 21.3. The first-order chi connectivity index (χ1) is 27.7. The zero-order valence-corrected chi connectivity index (χ0v) is 34.2. The molecule has 7 N–H and O–H groups in total. The van der Waals surface area contributed by atoms with Crippen LogP contribution < -0.4 is 20.5 Å². The molecule has 0 aliphatic carbocycles. The summed E-state index contributed by atoms with van der Waals surface area (Å²) in [6.45, 7) is 8.46. The van der Waals surface area contributed by atoms with E-state index in [2.05, 4.69) is 5.32 Å². The van der Waals surface area contributed by atoms with E-state index in [-0.39, 0.29) is 63.0 Å². The van der Waals surface area contributed by atoms with Crippen molar-refractivity contribution in [3.05, 3.63) is 83.0 Å². The van der Waals surface area contributed by atoms with Crippen molar-refractivity contribution in [3.8, 4) is 11.5 Å². The zero-order valence-electron chi connectivity index (χ0n) is 34.2. The average molecular weight is 855 g/mol. The van der Waals surface area contributed by atoms with Crippen molar-refractivity contribution in [2.24, 2.45) is 0 Å². The molecule has 0 saturated carbocycles. The average Bonchev–Trinajstić information content (AvgIpc) is 3.15. The lowest BCUT2D eigenvalue weighted by atomic mass is 10.0. The number of hydrogen-bond donors (Lipinski definition) is 6. The minimum absolute atomic E-state index is 0. The molecule has 2 aromatic rings. The van der Waals surface area contributed by atoms with Crippen molar-refractivity contribution in [1.82, 2.24) is 0 Å². The molecule has 0 spiro atoms. The molecule has 2 aromatic carbocycles. The number of benzene rings is 2. The third-order valence-electron chi connectivity index (χ3n) is 8.61. The molecule has 0 fully saturated rings. The number of aliphatic hydroxyl groups is 4. The summed E-state index contributed by atoms with van der Waals surface area (Å²) in [5.74, 6) is -1.72. The number of amides is 1. The van der Waals surface area contributed by atoms with E-state index >= 15 is 0 Å². The van der Waals surface area contributed by atoms with Gasteiger partial charge in [-0.2, -0.15) is 0 Å². The maximum absolute atomic E-state index is 13.1. The summed E-state index contributed by atoms with van der Waals surface area (Å²) in [5.41, 5.74) is 6.64. The highest BCUT2D eigenvalue weighted by Crippen LogP contribution is 2.31. The minimum Gasteiger partial charge on any atom is -0.497 e. The highest BCUT2D eigenvalue weighted by atomic mass is 16.6. The number of methoxy groups -OCH3 is 2. The Morgan fingerprint density at radius 1 is 0.672 bits per heavy atom. The normalized spacial score (nSPS) is 23.5. The summed E-state index contributed by atoms with van der Waals surface area (Å²) in [5, 5.41) is 42.6. The van der Waals surface area contributed by atoms with Gasteiger partial charge < -0.3 is 49.8 Å². The predicted octanol–water partition coefficient (Wildman–Crippen LogP) is 5.99. The Labute approximate surface area is 357 Å². The molecule has 2 aliphatic heterocycles. The van der Waals surface area contributed by atoms with Crippen molar-refractivity contribution < 1.29 is 68.1 Å². The van der Waals surface area contributed by atoms with Gasteiger partial charge in [0.15, 0.2) is 11.6 Å². The summed E-state index contributed by atoms with van der Waals surface area (Å²) in [7, 11) is 2.91. The number of ether oxygens (including phenoxy) is 5. The minimum atomic E-state index is -1.58. The van der Waals surface area contributed by atoms with Gasteiger partial charge in [-0.15, -0.1) is 0 Å². The number of carbonyl (C=O) groups excluding carboxylic acids is 5. The molecule has 16 nitrogen and oxygen atoms in total. The second-order valence-corrected chi connectivity index (χ2v) is 14.8. The lowest BCUT2D eigenvalue weighted by Gasteiger charge is -2.22. The Hall–Kier alpha value is -5.81. The van der Waals surface area contributed by atoms with Gasteiger partial charge in [-0.05, 0) is 82.9 Å². The molecule has 6 atom stereocenters. The lowest BCUT2D eigenvalue weighted by molar-refractivity contribution is -0.128. The first-order valence-electron chi connectivity index (χ1n) is 18.8. The Morgan fingerprint density at radius 2 is 1.08 bits per heavy atom. The van der Waals surface area contributed by atoms with E-state index < -0.39 is 71.8 Å². The van der Waals surface area contributed by atoms with E-state index in [1.807, 2.05) is 0 Å². The fourth-order valence-electron chi connectivity index (χ4n) is 5.60. The van der Waals surface area contributed by atoms with Crippen LogP contribution in [0, 0.1) is 0 Å². The van der Waals surface area contributed by atoms with Gasteiger partial charge in [0.1, 0.15) is 41.5 Å². The van der Waals surface area contributed by atoms with Gasteiger partial charge in [0.05, 0.1) is 48.9 Å². The summed E-state index contributed by atoms with van der Waals surface area (Å²) < 4.78 is 26.7. The molecule has 0 bridgehead atoms. The number of rotatable bonds is 3. The molecule has 1 amide bonds. The van der Waals surface area contributed by atoms with Crippen molar-refractivity contribution in [2.75, 3.05) is 25.3 Å². The van der Waals surface area contributed by atoms with Crippen molar-refractivity contribution >= 4 is 53.1 Å². The molecule has 61 heavy (non-hydrogen) atoms. The number of cyclic esters (lactones) is 2. The van der Waals surface area contributed by atoms with Crippen LogP contribution in [-0.2, 0) is 23.8 Å². The topological polar surface area (TPSA) is 250 Å². The molecule has 0 unspecified atom stereocenters. The number of aliphatic hydroxyl groups excluding tert-OH is 4. The summed E-state index contributed by atoms with van der Waals surface area (Å²) in [4.78, 5) is 61.8. The fourth-order valence-corrected chi connectivity index (χ4v) is 5.60. The van der Waals surface area contributed by atoms with Crippen LogP contribution in [0.25, 0.3) is 12.2 Å². The van der Waals surface area contributed by atoms with Crippen LogP contribution in [0.2, 0.25) is 0 Å². The first kappa shape index (κ1) is 53.2. The quantitative estimate of drug-likeness (QED) is 0.118. The number of fused-ring (bicyclic) bond motifs is 2. The lowest BCUT2D eigenvalue weighted by Crippen LogP contribution is -2.32. The second kappa shape index (κ2) is 24.4. The van der Waals surface area contributed by atoms with Crippen LogP contribution in [-0.4, -0.2) is 106 Å². The molecule has 16 heteroatoms. The van der Waals surface area contributed by atoms with Crippen LogP contribution in [0.3, 0.4) is 0 Å². The van der Waals surface area contributed by atoms with Crippen molar-refractivity contribution in [2.45, 2.75) is 117 Å². The number of esters is 2. The molecule has 0 saturated heterocycles. The highest BCUT2D eigenvalue weighted by molar-refractivity contribution is 6.04. The summed E-state index contributed by atoms with van der Waals surface area (Å²) >= 11 is 0. The maximum Gasteiger partial charge on any atom is 0.412 e. The van der Waals surface area contributed by atoms with Crippen LogP contribution >= 0.6 is 0 Å². The molecular weight excluding hydrogens is 792 g/mol. The van der Waals surface area contributed by atoms with E-state index in [4.69, 9.17) is 29.4 Å². The maximum atomic E-state index is 13.1. The smallest absolute Gasteiger partial charge is 0.412 e. The van der Waals surface area contributed by atoms with E-state index in [0.717, 1.165) is 6.08 Å². The standard InChI is InChI=1S/C24H31NO8.C19H23NO6.2CH4/c1-14-8-6-10-18(26)21(28)19(27)11-7-9-15-12-16(31-5)13-17(20(15)22(29)32-14)25-23(30)33-24(2,3)4;1-11-5-3-7-15(21)18(23)16(22)8-4-6-12-9-13(25-2)10-14(20)17(12)19(24)26-11;;/h6-7,9-10,12-14,19,21,27-28H,8,11H2,1-5H3,(H,25,30);3-4,6-7,9-11,16,18,22-23H,5,8,20H2,1-2H3;2*1H4/b9-7?,10-6-;6-4?,7-3-;;/t14-,19-,21+;11-,16-,18+;;/m00../s1. The van der Waals surface area contributed by atoms with Gasteiger partial charge >= 0.3 is 18.0 Å². The number of nitrogens with one attached hydrogen (secondary N) is 1. The van der Waals surface area contributed by atoms with Crippen molar-refractivity contribution in [3.63, 3.8) is 0 Å². The van der Waals surface area contributed by atoms with E-state index in [1.165, 1.54) is 56.7 Å². The van der Waals surface area contributed by atoms with Gasteiger partial charge in [-0.3, -0.25) is 14.9 Å². The molecular formula is C45H62N2O14. The van der Waals surface area contributed by atoms with Gasteiger partial charge in [-0.25, -0.2) is 14.4 Å². The second-order valence-electron chi connectivity index (χ2n) is 14.8. The predicted molar refractivity (Wildman–Crippen MR) is 232 cm³/mol. The SMILES string of the molecule is C.C.COc1cc(N)c2c(c1)C=CC[C@H](O)[C@H](O)C(=O)/C=C\C[C@H](C)OC2=O.COc1cc2c(c(NC(=O)OC(C)(C)C)c1)C(=O)O[C@@H](C)C/C=C\C(=O)[C@@H](O)[C@@H](O)CC=C2.